The van der Waals surface area contributed by atoms with E-state index in [4.69, 9.17) is 0 Å². The molecule has 19 heavy (non-hydrogen) atoms. The standard InChI is InChI=1S/C14H17N3O2/c18-13-4-3-12(17-13)14(19)16-6-9-1-2-10-7-15-8-11(10)5-9/h1-2,5,12,15H,3-4,6-8H2,(H,16,19)(H,17,18). The predicted molar refractivity (Wildman–Crippen MR) is 70.0 cm³/mol. The van der Waals surface area contributed by atoms with E-state index in [0.29, 0.717) is 19.4 Å². The third-order valence-corrected chi connectivity index (χ3v) is 3.68. The summed E-state index contributed by atoms with van der Waals surface area (Å²) in [6.07, 6.45) is 1.04. The highest BCUT2D eigenvalue weighted by Gasteiger charge is 2.26. The first-order valence-corrected chi connectivity index (χ1v) is 6.61. The van der Waals surface area contributed by atoms with E-state index in [0.717, 1.165) is 18.7 Å². The Labute approximate surface area is 111 Å². The zero-order chi connectivity index (χ0) is 13.2. The van der Waals surface area contributed by atoms with Crippen LogP contribution >= 0.6 is 0 Å². The fourth-order valence-electron chi connectivity index (χ4n) is 2.58. The lowest BCUT2D eigenvalue weighted by Gasteiger charge is -2.11. The first kappa shape index (κ1) is 12.2. The van der Waals surface area contributed by atoms with E-state index in [1.165, 1.54) is 11.1 Å². The van der Waals surface area contributed by atoms with Crippen LogP contribution in [0.4, 0.5) is 0 Å². The van der Waals surface area contributed by atoms with Crippen LogP contribution < -0.4 is 16.0 Å². The monoisotopic (exact) mass is 259 g/mol. The number of fused-ring (bicyclic) bond motifs is 1. The minimum Gasteiger partial charge on any atom is -0.350 e. The largest absolute Gasteiger partial charge is 0.350 e. The van der Waals surface area contributed by atoms with Gasteiger partial charge in [-0.15, -0.1) is 0 Å². The number of hydrogen-bond donors (Lipinski definition) is 3. The van der Waals surface area contributed by atoms with Crippen LogP contribution in [-0.4, -0.2) is 17.9 Å². The highest BCUT2D eigenvalue weighted by molar-refractivity contribution is 5.90. The molecule has 3 N–H and O–H groups in total. The molecule has 2 heterocycles. The fraction of sp³-hybridized carbons (Fsp3) is 0.429. The molecule has 1 aromatic carbocycles. The van der Waals surface area contributed by atoms with Crippen molar-refractivity contribution in [2.24, 2.45) is 0 Å². The number of carbonyl (C=O) groups is 2. The van der Waals surface area contributed by atoms with Gasteiger partial charge in [-0.25, -0.2) is 0 Å². The molecule has 1 atom stereocenters. The first-order chi connectivity index (χ1) is 9.22. The summed E-state index contributed by atoms with van der Waals surface area (Å²) in [6.45, 7) is 2.34. The van der Waals surface area contributed by atoms with Gasteiger partial charge in [-0.3, -0.25) is 9.59 Å². The quantitative estimate of drug-likeness (QED) is 0.725. The molecule has 0 aromatic heterocycles. The Hall–Kier alpha value is -1.88. The third kappa shape index (κ3) is 2.61. The molecular formula is C14H17N3O2. The summed E-state index contributed by atoms with van der Waals surface area (Å²) in [6, 6.07) is 5.92. The molecule has 5 nitrogen and oxygen atoms in total. The Balaban J connectivity index is 1.57. The molecule has 2 amide bonds. The molecule has 2 aliphatic rings. The third-order valence-electron chi connectivity index (χ3n) is 3.68. The average Bonchev–Trinajstić information content (AvgIpc) is 3.03. The van der Waals surface area contributed by atoms with Crippen molar-refractivity contribution in [3.63, 3.8) is 0 Å². The van der Waals surface area contributed by atoms with E-state index >= 15 is 0 Å². The second kappa shape index (κ2) is 5.01. The second-order valence-electron chi connectivity index (χ2n) is 5.08. The maximum atomic E-state index is 11.9. The highest BCUT2D eigenvalue weighted by Crippen LogP contribution is 2.17. The van der Waals surface area contributed by atoms with E-state index < -0.39 is 0 Å². The molecule has 5 heteroatoms. The summed E-state index contributed by atoms with van der Waals surface area (Å²) in [5.41, 5.74) is 3.74. The van der Waals surface area contributed by atoms with Gasteiger partial charge in [0.15, 0.2) is 0 Å². The van der Waals surface area contributed by atoms with Gasteiger partial charge < -0.3 is 16.0 Å². The van der Waals surface area contributed by atoms with Crippen LogP contribution in [0.3, 0.4) is 0 Å². The number of nitrogens with one attached hydrogen (secondary N) is 3. The van der Waals surface area contributed by atoms with Crippen LogP contribution in [0.5, 0.6) is 0 Å². The van der Waals surface area contributed by atoms with Gasteiger partial charge in [0.1, 0.15) is 6.04 Å². The van der Waals surface area contributed by atoms with Gasteiger partial charge in [-0.2, -0.15) is 0 Å². The lowest BCUT2D eigenvalue weighted by Crippen LogP contribution is -2.41. The van der Waals surface area contributed by atoms with Gasteiger partial charge in [-0.1, -0.05) is 18.2 Å². The number of hydrogen-bond acceptors (Lipinski definition) is 3. The van der Waals surface area contributed by atoms with Gasteiger partial charge in [0.05, 0.1) is 0 Å². The molecule has 0 bridgehead atoms. The predicted octanol–water partition coefficient (Wildman–Crippen LogP) is 0.185. The van der Waals surface area contributed by atoms with Gasteiger partial charge in [0, 0.05) is 26.1 Å². The molecule has 100 valence electrons. The van der Waals surface area contributed by atoms with Crippen molar-refractivity contribution >= 4 is 11.8 Å². The summed E-state index contributed by atoms with van der Waals surface area (Å²) in [5.74, 6) is -0.131. The summed E-state index contributed by atoms with van der Waals surface area (Å²) < 4.78 is 0. The Morgan fingerprint density at radius 3 is 2.95 bits per heavy atom. The SMILES string of the molecule is O=C1CCC(C(=O)NCc2ccc3c(c2)CNC3)N1. The smallest absolute Gasteiger partial charge is 0.242 e. The maximum Gasteiger partial charge on any atom is 0.242 e. The molecule has 1 unspecified atom stereocenters. The Bertz CT molecular complexity index is 527. The van der Waals surface area contributed by atoms with Crippen molar-refractivity contribution in [2.75, 3.05) is 0 Å². The number of rotatable bonds is 3. The van der Waals surface area contributed by atoms with Gasteiger partial charge in [-0.05, 0) is 23.1 Å². The summed E-state index contributed by atoms with van der Waals surface area (Å²) in [4.78, 5) is 22.9. The van der Waals surface area contributed by atoms with E-state index in [-0.39, 0.29) is 17.9 Å². The van der Waals surface area contributed by atoms with Crippen LogP contribution in [0, 0.1) is 0 Å². The van der Waals surface area contributed by atoms with Crippen LogP contribution in [0.25, 0.3) is 0 Å². The van der Waals surface area contributed by atoms with Crippen molar-refractivity contribution in [3.05, 3.63) is 34.9 Å². The van der Waals surface area contributed by atoms with Crippen molar-refractivity contribution in [1.29, 1.82) is 0 Å². The second-order valence-corrected chi connectivity index (χ2v) is 5.08. The minimum absolute atomic E-state index is 0.0382. The van der Waals surface area contributed by atoms with Crippen molar-refractivity contribution < 1.29 is 9.59 Å². The summed E-state index contributed by atoms with van der Waals surface area (Å²) >= 11 is 0. The maximum absolute atomic E-state index is 11.9. The van der Waals surface area contributed by atoms with E-state index in [2.05, 4.69) is 28.1 Å². The van der Waals surface area contributed by atoms with Crippen LogP contribution in [0.2, 0.25) is 0 Å². The zero-order valence-electron chi connectivity index (χ0n) is 10.7. The number of benzene rings is 1. The molecule has 0 saturated carbocycles. The summed E-state index contributed by atoms with van der Waals surface area (Å²) in [7, 11) is 0. The molecule has 0 spiro atoms. The van der Waals surface area contributed by atoms with Crippen LogP contribution in [0.1, 0.15) is 29.5 Å². The first-order valence-electron chi connectivity index (χ1n) is 6.61. The normalized spacial score (nSPS) is 21.1. The van der Waals surface area contributed by atoms with Crippen molar-refractivity contribution in [1.82, 2.24) is 16.0 Å². The Morgan fingerprint density at radius 1 is 1.32 bits per heavy atom. The van der Waals surface area contributed by atoms with E-state index in [1.807, 2.05) is 6.07 Å². The van der Waals surface area contributed by atoms with E-state index in [9.17, 15) is 9.59 Å². The average molecular weight is 259 g/mol. The van der Waals surface area contributed by atoms with Gasteiger partial charge >= 0.3 is 0 Å². The van der Waals surface area contributed by atoms with E-state index in [1.54, 1.807) is 0 Å². The molecular weight excluding hydrogens is 242 g/mol. The van der Waals surface area contributed by atoms with Crippen LogP contribution in [0.15, 0.2) is 18.2 Å². The molecule has 2 aliphatic heterocycles. The van der Waals surface area contributed by atoms with Gasteiger partial charge in [0.25, 0.3) is 0 Å². The van der Waals surface area contributed by atoms with Crippen molar-refractivity contribution in [3.8, 4) is 0 Å². The lowest BCUT2D eigenvalue weighted by atomic mass is 10.1. The molecule has 1 saturated heterocycles. The fourth-order valence-corrected chi connectivity index (χ4v) is 2.58. The number of carbonyl (C=O) groups excluding carboxylic acids is 2. The Morgan fingerprint density at radius 2 is 2.16 bits per heavy atom. The number of amides is 2. The van der Waals surface area contributed by atoms with Crippen LogP contribution in [-0.2, 0) is 29.2 Å². The molecule has 3 rings (SSSR count). The molecule has 0 aliphatic carbocycles. The van der Waals surface area contributed by atoms with Crippen molar-refractivity contribution in [2.45, 2.75) is 38.5 Å². The summed E-state index contributed by atoms with van der Waals surface area (Å²) in [5, 5.41) is 8.84. The topological polar surface area (TPSA) is 70.2 Å². The molecule has 1 aromatic rings. The Kier molecular flexibility index (Phi) is 3.21. The van der Waals surface area contributed by atoms with Gasteiger partial charge in [0.2, 0.25) is 11.8 Å². The molecule has 0 radical (unpaired) electrons. The zero-order valence-corrected chi connectivity index (χ0v) is 10.7. The highest BCUT2D eigenvalue weighted by atomic mass is 16.2. The minimum atomic E-state index is -0.358. The molecule has 1 fully saturated rings. The lowest BCUT2D eigenvalue weighted by molar-refractivity contribution is -0.125.